The number of hydrogen-bond donors (Lipinski definition) is 1. The molecule has 1 aliphatic rings. The molecule has 5 heteroatoms. The van der Waals surface area contributed by atoms with E-state index < -0.39 is 0 Å². The number of benzene rings is 2. The average molecular weight is 335 g/mol. The Kier molecular flexibility index (Phi) is 4.01. The highest BCUT2D eigenvalue weighted by atomic mass is 16.3. The fraction of sp³-hybridized carbons (Fsp3) is 0.300. The summed E-state index contributed by atoms with van der Waals surface area (Å²) in [5, 5.41) is 9.61. The molecule has 0 unspecified atom stereocenters. The molecule has 1 fully saturated rings. The number of likely N-dealkylation sites (tertiary alicyclic amines) is 1. The van der Waals surface area contributed by atoms with Gasteiger partial charge in [0.25, 0.3) is 5.91 Å². The molecule has 0 spiro atoms. The van der Waals surface area contributed by atoms with Crippen LogP contribution < -0.4 is 0 Å². The monoisotopic (exact) mass is 335 g/mol. The van der Waals surface area contributed by atoms with E-state index >= 15 is 0 Å². The second-order valence-electron chi connectivity index (χ2n) is 6.56. The molecule has 5 nitrogen and oxygen atoms in total. The van der Waals surface area contributed by atoms with E-state index in [1.165, 1.54) is 0 Å². The van der Waals surface area contributed by atoms with Gasteiger partial charge in [0.05, 0.1) is 17.1 Å². The Labute approximate surface area is 146 Å². The number of nitrogens with zero attached hydrogens (tertiary/aromatic N) is 3. The Morgan fingerprint density at radius 3 is 2.56 bits per heavy atom. The highest BCUT2D eigenvalue weighted by molar-refractivity contribution is 5.97. The van der Waals surface area contributed by atoms with E-state index in [0.717, 1.165) is 22.5 Å². The number of hydrogen-bond acceptors (Lipinski definition) is 3. The topological polar surface area (TPSA) is 58.4 Å². The van der Waals surface area contributed by atoms with Crippen molar-refractivity contribution in [3.63, 3.8) is 0 Å². The van der Waals surface area contributed by atoms with Crippen LogP contribution >= 0.6 is 0 Å². The van der Waals surface area contributed by atoms with E-state index in [9.17, 15) is 9.90 Å². The van der Waals surface area contributed by atoms with Crippen molar-refractivity contribution < 1.29 is 9.90 Å². The van der Waals surface area contributed by atoms with E-state index in [-0.39, 0.29) is 12.0 Å². The van der Waals surface area contributed by atoms with Crippen LogP contribution in [0.1, 0.15) is 29.0 Å². The summed E-state index contributed by atoms with van der Waals surface area (Å²) in [6.07, 6.45) is 1.02. The molecule has 4 rings (SSSR count). The van der Waals surface area contributed by atoms with Crippen molar-refractivity contribution >= 4 is 16.9 Å². The third kappa shape index (κ3) is 2.91. The number of amides is 1. The molecule has 25 heavy (non-hydrogen) atoms. The number of carbonyl (C=O) groups is 1. The maximum Gasteiger partial charge on any atom is 0.253 e. The van der Waals surface area contributed by atoms with E-state index in [4.69, 9.17) is 0 Å². The molecule has 0 saturated carbocycles. The first-order chi connectivity index (χ1) is 12.1. The number of fused-ring (bicyclic) bond motifs is 1. The molecule has 1 amide bonds. The minimum Gasteiger partial charge on any atom is -0.393 e. The van der Waals surface area contributed by atoms with Crippen molar-refractivity contribution in [2.24, 2.45) is 0 Å². The first-order valence-corrected chi connectivity index (χ1v) is 8.65. The van der Waals surface area contributed by atoms with Crippen LogP contribution in [0.3, 0.4) is 0 Å². The Bertz CT molecular complexity index is 909. The number of aryl methyl sites for hydroxylation is 1. The lowest BCUT2D eigenvalue weighted by molar-refractivity contribution is 0.0546. The highest BCUT2D eigenvalue weighted by Gasteiger charge is 2.23. The van der Waals surface area contributed by atoms with Gasteiger partial charge in [-0.05, 0) is 50.1 Å². The maximum absolute atomic E-state index is 12.7. The minimum atomic E-state index is -0.282. The van der Waals surface area contributed by atoms with E-state index in [0.29, 0.717) is 31.5 Å². The zero-order chi connectivity index (χ0) is 17.4. The third-order valence-electron chi connectivity index (χ3n) is 4.84. The fourth-order valence-electron chi connectivity index (χ4n) is 3.49. The first-order valence-electron chi connectivity index (χ1n) is 8.65. The van der Waals surface area contributed by atoms with Gasteiger partial charge in [-0.3, -0.25) is 9.36 Å². The van der Waals surface area contributed by atoms with Crippen LogP contribution in [0.5, 0.6) is 0 Å². The number of piperidine rings is 1. The number of aromatic nitrogens is 2. The maximum atomic E-state index is 12.7. The predicted octanol–water partition coefficient (Wildman–Crippen LogP) is 2.93. The SMILES string of the molecule is Cc1nc2cc(C(=O)N3CCC(O)CC3)ccc2n1-c1ccccc1. The van der Waals surface area contributed by atoms with Gasteiger partial charge in [0.1, 0.15) is 5.82 Å². The number of rotatable bonds is 2. The molecule has 1 saturated heterocycles. The summed E-state index contributed by atoms with van der Waals surface area (Å²) in [4.78, 5) is 19.2. The summed E-state index contributed by atoms with van der Waals surface area (Å²) >= 11 is 0. The molecule has 0 bridgehead atoms. The van der Waals surface area contributed by atoms with Crippen LogP contribution in [0, 0.1) is 6.92 Å². The van der Waals surface area contributed by atoms with Crippen molar-refractivity contribution in [2.45, 2.75) is 25.9 Å². The summed E-state index contributed by atoms with van der Waals surface area (Å²) < 4.78 is 2.10. The Morgan fingerprint density at radius 2 is 1.84 bits per heavy atom. The molecular formula is C20H21N3O2. The molecule has 2 heterocycles. The Balaban J connectivity index is 1.69. The Hall–Kier alpha value is -2.66. The van der Waals surface area contributed by atoms with Gasteiger partial charge >= 0.3 is 0 Å². The van der Waals surface area contributed by atoms with Gasteiger partial charge in [-0.2, -0.15) is 0 Å². The van der Waals surface area contributed by atoms with Crippen molar-refractivity contribution in [3.05, 3.63) is 59.9 Å². The van der Waals surface area contributed by atoms with Gasteiger partial charge in [-0.25, -0.2) is 4.98 Å². The van der Waals surface area contributed by atoms with E-state index in [1.807, 2.05) is 60.4 Å². The summed E-state index contributed by atoms with van der Waals surface area (Å²) in [5.74, 6) is 0.910. The predicted molar refractivity (Wildman–Crippen MR) is 97.0 cm³/mol. The molecule has 1 aromatic heterocycles. The second kappa shape index (κ2) is 6.33. The van der Waals surface area contributed by atoms with Crippen molar-refractivity contribution in [2.75, 3.05) is 13.1 Å². The lowest BCUT2D eigenvalue weighted by atomic mass is 10.1. The summed E-state index contributed by atoms with van der Waals surface area (Å²) in [6, 6.07) is 15.8. The molecule has 0 aliphatic carbocycles. The largest absolute Gasteiger partial charge is 0.393 e. The van der Waals surface area contributed by atoms with Crippen LogP contribution in [-0.2, 0) is 0 Å². The van der Waals surface area contributed by atoms with Crippen LogP contribution in [0.2, 0.25) is 0 Å². The van der Waals surface area contributed by atoms with Gasteiger partial charge in [-0.1, -0.05) is 18.2 Å². The van der Waals surface area contributed by atoms with Crippen molar-refractivity contribution in [3.8, 4) is 5.69 Å². The van der Waals surface area contributed by atoms with Gasteiger partial charge in [0.2, 0.25) is 0 Å². The number of aliphatic hydroxyl groups excluding tert-OH is 1. The lowest BCUT2D eigenvalue weighted by Gasteiger charge is -2.29. The fourth-order valence-corrected chi connectivity index (χ4v) is 3.49. The molecule has 0 radical (unpaired) electrons. The second-order valence-corrected chi connectivity index (χ2v) is 6.56. The third-order valence-corrected chi connectivity index (χ3v) is 4.84. The lowest BCUT2D eigenvalue weighted by Crippen LogP contribution is -2.40. The number of aliphatic hydroxyl groups is 1. The smallest absolute Gasteiger partial charge is 0.253 e. The molecule has 1 aliphatic heterocycles. The van der Waals surface area contributed by atoms with Crippen molar-refractivity contribution in [1.82, 2.24) is 14.5 Å². The summed E-state index contributed by atoms with van der Waals surface area (Å²) in [6.45, 7) is 3.19. The van der Waals surface area contributed by atoms with E-state index in [2.05, 4.69) is 9.55 Å². The molecule has 3 aromatic rings. The normalized spacial score (nSPS) is 15.7. The quantitative estimate of drug-likeness (QED) is 0.783. The van der Waals surface area contributed by atoms with Crippen LogP contribution in [0.15, 0.2) is 48.5 Å². The zero-order valence-electron chi connectivity index (χ0n) is 14.2. The van der Waals surface area contributed by atoms with E-state index in [1.54, 1.807) is 0 Å². The zero-order valence-corrected chi connectivity index (χ0v) is 14.2. The van der Waals surface area contributed by atoms with Crippen LogP contribution in [-0.4, -0.2) is 44.7 Å². The number of para-hydroxylation sites is 1. The molecule has 1 N–H and O–H groups in total. The molecule has 0 atom stereocenters. The van der Waals surface area contributed by atoms with Gasteiger partial charge in [0.15, 0.2) is 0 Å². The van der Waals surface area contributed by atoms with Gasteiger partial charge < -0.3 is 10.0 Å². The number of carbonyl (C=O) groups excluding carboxylic acids is 1. The standard InChI is InChI=1S/C20H21N3O2/c1-14-21-18-13-15(20(25)22-11-9-17(24)10-12-22)7-8-19(18)23(14)16-5-3-2-4-6-16/h2-8,13,17,24H,9-12H2,1H3. The Morgan fingerprint density at radius 1 is 1.12 bits per heavy atom. The molecular weight excluding hydrogens is 314 g/mol. The minimum absolute atomic E-state index is 0.0146. The van der Waals surface area contributed by atoms with Crippen LogP contribution in [0.25, 0.3) is 16.7 Å². The average Bonchev–Trinajstić information content (AvgIpc) is 2.97. The first kappa shape index (κ1) is 15.8. The number of imidazole rings is 1. The van der Waals surface area contributed by atoms with Crippen molar-refractivity contribution in [1.29, 1.82) is 0 Å². The van der Waals surface area contributed by atoms with Gasteiger partial charge in [-0.15, -0.1) is 0 Å². The van der Waals surface area contributed by atoms with Gasteiger partial charge in [0, 0.05) is 24.3 Å². The highest BCUT2D eigenvalue weighted by Crippen LogP contribution is 2.23. The molecule has 2 aromatic carbocycles. The summed E-state index contributed by atoms with van der Waals surface area (Å²) in [7, 11) is 0. The summed E-state index contributed by atoms with van der Waals surface area (Å²) in [5.41, 5.74) is 3.53. The van der Waals surface area contributed by atoms with Crippen LogP contribution in [0.4, 0.5) is 0 Å². The molecule has 128 valence electrons.